The zero-order valence-electron chi connectivity index (χ0n) is 11.6. The molecule has 0 amide bonds. The second-order valence-corrected chi connectivity index (χ2v) is 5.17. The molecule has 0 bridgehead atoms. The third-order valence-corrected chi connectivity index (χ3v) is 3.68. The van der Waals surface area contributed by atoms with E-state index in [1.165, 1.54) is 11.1 Å². The lowest BCUT2D eigenvalue weighted by Gasteiger charge is -2.38. The van der Waals surface area contributed by atoms with Gasteiger partial charge in [0.25, 0.3) is 0 Å². The molecule has 0 aromatic heterocycles. The smallest absolute Gasteiger partial charge is 0.0590 e. The number of rotatable bonds is 5. The summed E-state index contributed by atoms with van der Waals surface area (Å²) in [4.78, 5) is 2.52. The second-order valence-electron chi connectivity index (χ2n) is 5.17. The van der Waals surface area contributed by atoms with Crippen molar-refractivity contribution in [2.75, 3.05) is 26.8 Å². The predicted molar refractivity (Wildman–Crippen MR) is 74.6 cm³/mol. The summed E-state index contributed by atoms with van der Waals surface area (Å²) in [6.07, 6.45) is 0. The van der Waals surface area contributed by atoms with Crippen LogP contribution in [0.3, 0.4) is 0 Å². The number of nitrogens with one attached hydrogen (secondary N) is 1. The molecule has 1 N–H and O–H groups in total. The molecule has 1 aromatic carbocycles. The van der Waals surface area contributed by atoms with Gasteiger partial charge in [0.2, 0.25) is 0 Å². The van der Waals surface area contributed by atoms with Crippen molar-refractivity contribution in [3.63, 3.8) is 0 Å². The number of fused-ring (bicyclic) bond motifs is 1. The maximum absolute atomic E-state index is 5.24. The van der Waals surface area contributed by atoms with Crippen molar-refractivity contribution in [2.24, 2.45) is 0 Å². The molecule has 1 aliphatic heterocycles. The van der Waals surface area contributed by atoms with Gasteiger partial charge in [0.05, 0.1) is 6.61 Å². The maximum atomic E-state index is 5.24. The molecule has 0 aliphatic carbocycles. The first kappa shape index (κ1) is 13.5. The number of methoxy groups -OCH3 is 1. The molecule has 18 heavy (non-hydrogen) atoms. The fourth-order valence-electron chi connectivity index (χ4n) is 2.74. The van der Waals surface area contributed by atoms with Gasteiger partial charge >= 0.3 is 0 Å². The minimum Gasteiger partial charge on any atom is -0.383 e. The number of benzene rings is 1. The zero-order chi connectivity index (χ0) is 13.0. The maximum Gasteiger partial charge on any atom is 0.0590 e. The average molecular weight is 248 g/mol. The Morgan fingerprint density at radius 1 is 1.39 bits per heavy atom. The molecule has 0 radical (unpaired) electrons. The van der Waals surface area contributed by atoms with Gasteiger partial charge in [0.15, 0.2) is 0 Å². The van der Waals surface area contributed by atoms with E-state index in [9.17, 15) is 0 Å². The lowest BCUT2D eigenvalue weighted by molar-refractivity contribution is 0.0913. The summed E-state index contributed by atoms with van der Waals surface area (Å²) >= 11 is 0. The third kappa shape index (κ3) is 2.91. The SMILES string of the molecule is COCCN(C(C)C)C1CNCc2ccccc21. The van der Waals surface area contributed by atoms with Crippen LogP contribution >= 0.6 is 0 Å². The van der Waals surface area contributed by atoms with Crippen molar-refractivity contribution in [3.8, 4) is 0 Å². The van der Waals surface area contributed by atoms with E-state index in [1.807, 2.05) is 0 Å². The standard InChI is InChI=1S/C15H24N2O/c1-12(2)17(8-9-18-3)15-11-16-10-13-6-4-5-7-14(13)15/h4-7,12,15-16H,8-11H2,1-3H3. The monoisotopic (exact) mass is 248 g/mol. The second kappa shape index (κ2) is 6.32. The molecule has 3 heteroatoms. The van der Waals surface area contributed by atoms with Gasteiger partial charge in [0, 0.05) is 38.8 Å². The number of hydrogen-bond acceptors (Lipinski definition) is 3. The van der Waals surface area contributed by atoms with Gasteiger partial charge in [-0.3, -0.25) is 4.90 Å². The summed E-state index contributed by atoms with van der Waals surface area (Å²) in [5.41, 5.74) is 2.90. The van der Waals surface area contributed by atoms with Gasteiger partial charge in [-0.2, -0.15) is 0 Å². The largest absolute Gasteiger partial charge is 0.383 e. The van der Waals surface area contributed by atoms with Gasteiger partial charge < -0.3 is 10.1 Å². The van der Waals surface area contributed by atoms with Gasteiger partial charge in [-0.25, -0.2) is 0 Å². The highest BCUT2D eigenvalue weighted by molar-refractivity contribution is 5.32. The van der Waals surface area contributed by atoms with Crippen molar-refractivity contribution < 1.29 is 4.74 Å². The Balaban J connectivity index is 2.21. The predicted octanol–water partition coefficient (Wildman–Crippen LogP) is 2.19. The number of ether oxygens (including phenoxy) is 1. The minimum atomic E-state index is 0.463. The van der Waals surface area contributed by atoms with E-state index in [-0.39, 0.29) is 0 Å². The molecule has 0 saturated carbocycles. The first-order valence-corrected chi connectivity index (χ1v) is 6.77. The summed E-state index contributed by atoms with van der Waals surface area (Å²) in [6, 6.07) is 9.75. The number of nitrogens with zero attached hydrogens (tertiary/aromatic N) is 1. The lowest BCUT2D eigenvalue weighted by atomic mass is 9.94. The van der Waals surface area contributed by atoms with Crippen molar-refractivity contribution >= 4 is 0 Å². The molecule has 1 aromatic rings. The summed E-state index contributed by atoms with van der Waals surface area (Å²) in [7, 11) is 1.77. The fraction of sp³-hybridized carbons (Fsp3) is 0.600. The molecular formula is C15H24N2O. The van der Waals surface area contributed by atoms with Crippen LogP contribution in [0.5, 0.6) is 0 Å². The first-order valence-electron chi connectivity index (χ1n) is 6.77. The number of hydrogen-bond donors (Lipinski definition) is 1. The van der Waals surface area contributed by atoms with Crippen molar-refractivity contribution in [1.29, 1.82) is 0 Å². The molecule has 3 nitrogen and oxygen atoms in total. The Bertz CT molecular complexity index is 379. The molecule has 0 saturated heterocycles. The molecule has 1 atom stereocenters. The zero-order valence-corrected chi connectivity index (χ0v) is 11.6. The Labute approximate surface area is 110 Å². The quantitative estimate of drug-likeness (QED) is 0.864. The van der Waals surface area contributed by atoms with Crippen molar-refractivity contribution in [2.45, 2.75) is 32.5 Å². The minimum absolute atomic E-state index is 0.463. The van der Waals surface area contributed by atoms with Crippen molar-refractivity contribution in [1.82, 2.24) is 10.2 Å². The van der Waals surface area contributed by atoms with Crippen LogP contribution in [0.4, 0.5) is 0 Å². The molecule has 1 aliphatic rings. The van der Waals surface area contributed by atoms with E-state index < -0.39 is 0 Å². The average Bonchev–Trinajstić information content (AvgIpc) is 2.39. The van der Waals surface area contributed by atoms with E-state index in [0.717, 1.165) is 26.2 Å². The molecule has 0 spiro atoms. The van der Waals surface area contributed by atoms with Gasteiger partial charge in [-0.1, -0.05) is 24.3 Å². The molecule has 2 rings (SSSR count). The molecule has 100 valence electrons. The van der Waals surface area contributed by atoms with E-state index in [0.29, 0.717) is 12.1 Å². The Kier molecular flexibility index (Phi) is 4.75. The molecule has 0 fully saturated rings. The van der Waals surface area contributed by atoms with Crippen molar-refractivity contribution in [3.05, 3.63) is 35.4 Å². The Hall–Kier alpha value is -0.900. The van der Waals surface area contributed by atoms with Crippen LogP contribution in [-0.2, 0) is 11.3 Å². The van der Waals surface area contributed by atoms with Crippen LogP contribution in [0.25, 0.3) is 0 Å². The lowest BCUT2D eigenvalue weighted by Crippen LogP contribution is -2.44. The first-order chi connectivity index (χ1) is 8.74. The van der Waals surface area contributed by atoms with Gasteiger partial charge in [-0.15, -0.1) is 0 Å². The Morgan fingerprint density at radius 3 is 2.89 bits per heavy atom. The fourth-order valence-corrected chi connectivity index (χ4v) is 2.74. The van der Waals surface area contributed by atoms with Gasteiger partial charge in [-0.05, 0) is 25.0 Å². The molecule has 1 heterocycles. The molecular weight excluding hydrogens is 224 g/mol. The summed E-state index contributed by atoms with van der Waals surface area (Å²) in [6.45, 7) is 8.30. The third-order valence-electron chi connectivity index (χ3n) is 3.68. The van der Waals surface area contributed by atoms with E-state index in [2.05, 4.69) is 48.3 Å². The summed E-state index contributed by atoms with van der Waals surface area (Å²) in [5.74, 6) is 0. The topological polar surface area (TPSA) is 24.5 Å². The van der Waals surface area contributed by atoms with E-state index in [1.54, 1.807) is 7.11 Å². The van der Waals surface area contributed by atoms with E-state index >= 15 is 0 Å². The van der Waals surface area contributed by atoms with Crippen LogP contribution < -0.4 is 5.32 Å². The van der Waals surface area contributed by atoms with Crippen LogP contribution in [0.2, 0.25) is 0 Å². The van der Waals surface area contributed by atoms with Crippen LogP contribution in [-0.4, -0.2) is 37.7 Å². The Morgan fingerprint density at radius 2 is 2.17 bits per heavy atom. The van der Waals surface area contributed by atoms with Crippen LogP contribution in [0.15, 0.2) is 24.3 Å². The van der Waals surface area contributed by atoms with E-state index in [4.69, 9.17) is 4.74 Å². The summed E-state index contributed by atoms with van der Waals surface area (Å²) < 4.78 is 5.24. The van der Waals surface area contributed by atoms with Crippen LogP contribution in [0, 0.1) is 0 Å². The molecule has 1 unspecified atom stereocenters. The highest BCUT2D eigenvalue weighted by Crippen LogP contribution is 2.28. The highest BCUT2D eigenvalue weighted by atomic mass is 16.5. The highest BCUT2D eigenvalue weighted by Gasteiger charge is 2.26. The summed E-state index contributed by atoms with van der Waals surface area (Å²) in [5, 5.41) is 3.52. The van der Waals surface area contributed by atoms with Gasteiger partial charge in [0.1, 0.15) is 0 Å². The normalized spacial score (nSPS) is 19.3. The van der Waals surface area contributed by atoms with Crippen LogP contribution in [0.1, 0.15) is 31.0 Å².